The lowest BCUT2D eigenvalue weighted by Gasteiger charge is -1.96. The molecule has 1 N–H and O–H groups in total. The molecular weight excluding hydrogens is 198 g/mol. The van der Waals surface area contributed by atoms with Gasteiger partial charge >= 0.3 is 0 Å². The lowest BCUT2D eigenvalue weighted by Crippen LogP contribution is -1.90. The maximum Gasteiger partial charge on any atom is 0.127 e. The predicted molar refractivity (Wildman–Crippen MR) is 55.2 cm³/mol. The molecule has 0 saturated carbocycles. The van der Waals surface area contributed by atoms with E-state index in [1.165, 1.54) is 11.3 Å². The molecular formula is C10H11NO2S. The second-order valence-electron chi connectivity index (χ2n) is 3.14. The Morgan fingerprint density at radius 2 is 2.36 bits per heavy atom. The van der Waals surface area contributed by atoms with E-state index in [4.69, 9.17) is 4.42 Å². The molecule has 2 rings (SSSR count). The summed E-state index contributed by atoms with van der Waals surface area (Å²) in [6.07, 6.45) is 1.14. The van der Waals surface area contributed by atoms with E-state index in [1.807, 2.05) is 18.4 Å². The van der Waals surface area contributed by atoms with Crippen molar-refractivity contribution in [1.29, 1.82) is 0 Å². The molecule has 0 aliphatic heterocycles. The predicted octanol–water partition coefficient (Wildman–Crippen LogP) is 2.76. The number of aliphatic hydroxyl groups is 1. The molecule has 0 fully saturated rings. The molecule has 0 aliphatic rings. The average molecular weight is 209 g/mol. The van der Waals surface area contributed by atoms with Gasteiger partial charge in [0, 0.05) is 5.38 Å². The lowest BCUT2D eigenvalue weighted by atomic mass is 10.3. The van der Waals surface area contributed by atoms with E-state index in [0.717, 1.165) is 16.3 Å². The van der Waals surface area contributed by atoms with Gasteiger partial charge < -0.3 is 9.52 Å². The van der Waals surface area contributed by atoms with Gasteiger partial charge in [0.15, 0.2) is 0 Å². The van der Waals surface area contributed by atoms with Crippen LogP contribution in [-0.4, -0.2) is 10.1 Å². The van der Waals surface area contributed by atoms with Crippen LogP contribution in [-0.2, 0) is 0 Å². The highest BCUT2D eigenvalue weighted by molar-refractivity contribution is 7.13. The first-order chi connectivity index (χ1) is 6.68. The summed E-state index contributed by atoms with van der Waals surface area (Å²) >= 11 is 1.52. The van der Waals surface area contributed by atoms with Crippen LogP contribution in [0.2, 0.25) is 0 Å². The van der Waals surface area contributed by atoms with Crippen molar-refractivity contribution in [2.75, 3.05) is 0 Å². The van der Waals surface area contributed by atoms with E-state index in [1.54, 1.807) is 13.2 Å². The molecule has 3 nitrogen and oxygen atoms in total. The second kappa shape index (κ2) is 3.55. The van der Waals surface area contributed by atoms with Crippen LogP contribution in [0.5, 0.6) is 0 Å². The van der Waals surface area contributed by atoms with E-state index in [0.29, 0.717) is 5.69 Å². The molecule has 0 aliphatic carbocycles. The Labute approximate surface area is 86.0 Å². The zero-order valence-electron chi connectivity index (χ0n) is 8.02. The van der Waals surface area contributed by atoms with Crippen molar-refractivity contribution in [3.05, 3.63) is 29.2 Å². The summed E-state index contributed by atoms with van der Waals surface area (Å²) in [5.41, 5.74) is 1.72. The van der Waals surface area contributed by atoms with Gasteiger partial charge in [0.2, 0.25) is 0 Å². The fraction of sp³-hybridized carbons (Fsp3) is 0.300. The molecule has 0 saturated heterocycles. The zero-order chi connectivity index (χ0) is 10.1. The third kappa shape index (κ3) is 1.58. The summed E-state index contributed by atoms with van der Waals surface area (Å²) in [7, 11) is 0. The van der Waals surface area contributed by atoms with Gasteiger partial charge in [0.25, 0.3) is 0 Å². The molecule has 0 bridgehead atoms. The molecule has 14 heavy (non-hydrogen) atoms. The van der Waals surface area contributed by atoms with Crippen molar-refractivity contribution in [3.63, 3.8) is 0 Å². The van der Waals surface area contributed by atoms with E-state index < -0.39 is 6.10 Å². The second-order valence-corrected chi connectivity index (χ2v) is 4.00. The van der Waals surface area contributed by atoms with Gasteiger partial charge in [-0.3, -0.25) is 0 Å². The van der Waals surface area contributed by atoms with E-state index in [9.17, 15) is 5.11 Å². The van der Waals surface area contributed by atoms with Crippen LogP contribution >= 0.6 is 11.3 Å². The van der Waals surface area contributed by atoms with Crippen LogP contribution < -0.4 is 0 Å². The summed E-state index contributed by atoms with van der Waals surface area (Å²) in [5, 5.41) is 12.1. The topological polar surface area (TPSA) is 46.3 Å². The number of aryl methyl sites for hydroxylation is 1. The molecule has 2 aromatic rings. The molecule has 74 valence electrons. The first kappa shape index (κ1) is 9.43. The number of thiazole rings is 1. The van der Waals surface area contributed by atoms with E-state index in [2.05, 4.69) is 4.98 Å². The number of rotatable bonds is 2. The van der Waals surface area contributed by atoms with Crippen molar-refractivity contribution in [3.8, 4) is 10.6 Å². The Morgan fingerprint density at radius 3 is 2.86 bits per heavy atom. The summed E-state index contributed by atoms with van der Waals surface area (Å²) in [4.78, 5) is 4.32. The molecule has 0 spiro atoms. The quantitative estimate of drug-likeness (QED) is 0.827. The minimum absolute atomic E-state index is 0.507. The molecule has 0 radical (unpaired) electrons. The molecule has 0 amide bonds. The van der Waals surface area contributed by atoms with Crippen molar-refractivity contribution in [1.82, 2.24) is 4.98 Å². The van der Waals surface area contributed by atoms with Gasteiger partial charge in [-0.25, -0.2) is 4.98 Å². The number of hydrogen-bond donors (Lipinski definition) is 1. The van der Waals surface area contributed by atoms with Crippen molar-refractivity contribution in [2.45, 2.75) is 20.0 Å². The summed E-state index contributed by atoms with van der Waals surface area (Å²) < 4.78 is 5.19. The maximum atomic E-state index is 9.32. The van der Waals surface area contributed by atoms with Gasteiger partial charge in [0.1, 0.15) is 10.8 Å². The Bertz CT molecular complexity index is 431. The molecule has 1 unspecified atom stereocenters. The smallest absolute Gasteiger partial charge is 0.127 e. The monoisotopic (exact) mass is 209 g/mol. The summed E-state index contributed by atoms with van der Waals surface area (Å²) in [6, 6.07) is 1.89. The number of aromatic nitrogens is 1. The molecule has 2 aromatic heterocycles. The van der Waals surface area contributed by atoms with Crippen LogP contribution in [0, 0.1) is 6.92 Å². The number of furan rings is 1. The fourth-order valence-electron chi connectivity index (χ4n) is 1.21. The van der Waals surface area contributed by atoms with Crippen LogP contribution in [0.3, 0.4) is 0 Å². The lowest BCUT2D eigenvalue weighted by molar-refractivity contribution is 0.195. The van der Waals surface area contributed by atoms with Crippen LogP contribution in [0.25, 0.3) is 10.6 Å². The van der Waals surface area contributed by atoms with Crippen molar-refractivity contribution in [2.24, 2.45) is 0 Å². The zero-order valence-corrected chi connectivity index (χ0v) is 8.84. The summed E-state index contributed by atoms with van der Waals surface area (Å²) in [5.74, 6) is 0.858. The fourth-order valence-corrected chi connectivity index (χ4v) is 2.19. The first-order valence-electron chi connectivity index (χ1n) is 4.36. The van der Waals surface area contributed by atoms with Crippen LogP contribution in [0.4, 0.5) is 0 Å². The number of aliphatic hydroxyl groups excluding tert-OH is 1. The Balaban J connectivity index is 2.39. The van der Waals surface area contributed by atoms with Crippen LogP contribution in [0.1, 0.15) is 24.5 Å². The molecule has 1 atom stereocenters. The maximum absolute atomic E-state index is 9.32. The number of hydrogen-bond acceptors (Lipinski definition) is 4. The third-order valence-electron chi connectivity index (χ3n) is 2.04. The minimum atomic E-state index is -0.507. The largest absolute Gasteiger partial charge is 0.469 e. The molecule has 4 heteroatoms. The van der Waals surface area contributed by atoms with Gasteiger partial charge in [0.05, 0.1) is 23.6 Å². The van der Waals surface area contributed by atoms with Gasteiger partial charge in [-0.05, 0) is 19.9 Å². The number of nitrogens with zero attached hydrogens (tertiary/aromatic N) is 1. The molecule has 0 aromatic carbocycles. The van der Waals surface area contributed by atoms with Gasteiger partial charge in [-0.1, -0.05) is 0 Å². The van der Waals surface area contributed by atoms with Gasteiger partial charge in [-0.15, -0.1) is 11.3 Å². The molecule has 2 heterocycles. The highest BCUT2D eigenvalue weighted by Gasteiger charge is 2.11. The Morgan fingerprint density at radius 1 is 1.57 bits per heavy atom. The highest BCUT2D eigenvalue weighted by atomic mass is 32.1. The van der Waals surface area contributed by atoms with Gasteiger partial charge in [-0.2, -0.15) is 0 Å². The van der Waals surface area contributed by atoms with E-state index in [-0.39, 0.29) is 0 Å². The van der Waals surface area contributed by atoms with Crippen molar-refractivity contribution < 1.29 is 9.52 Å². The normalized spacial score (nSPS) is 13.1. The van der Waals surface area contributed by atoms with Crippen molar-refractivity contribution >= 4 is 11.3 Å². The van der Waals surface area contributed by atoms with E-state index >= 15 is 0 Å². The Hall–Kier alpha value is -1.13. The first-order valence-corrected chi connectivity index (χ1v) is 5.24. The minimum Gasteiger partial charge on any atom is -0.469 e. The standard InChI is InChI=1S/C10H11NO2S/c1-6(12)9-5-14-10(11-9)8-3-4-13-7(8)2/h3-6,12H,1-2H3. The SMILES string of the molecule is Cc1occc1-c1nc(C(C)O)cs1. The van der Waals surface area contributed by atoms with Crippen LogP contribution in [0.15, 0.2) is 22.1 Å². The highest BCUT2D eigenvalue weighted by Crippen LogP contribution is 2.29. The average Bonchev–Trinajstić information content (AvgIpc) is 2.71. The summed E-state index contributed by atoms with van der Waals surface area (Å²) in [6.45, 7) is 3.61. The third-order valence-corrected chi connectivity index (χ3v) is 2.93. The Kier molecular flexibility index (Phi) is 2.39.